The number of hydrogen-bond donors (Lipinski definition) is 1. The van der Waals surface area contributed by atoms with E-state index in [1.54, 1.807) is 22.7 Å². The van der Waals surface area contributed by atoms with Crippen molar-refractivity contribution in [2.75, 3.05) is 18.1 Å². The minimum Gasteiger partial charge on any atom is -0.493 e. The molecule has 1 amide bonds. The monoisotopic (exact) mass is 579 g/mol. The van der Waals surface area contributed by atoms with Crippen LogP contribution in [0.5, 0.6) is 11.5 Å². The summed E-state index contributed by atoms with van der Waals surface area (Å²) >= 11 is 0. The van der Waals surface area contributed by atoms with Crippen molar-refractivity contribution in [3.63, 3.8) is 0 Å². The average molecular weight is 580 g/mol. The zero-order chi connectivity index (χ0) is 29.2. The molecule has 10 nitrogen and oxygen atoms in total. The number of halogens is 1. The maximum atomic E-state index is 15.2. The van der Waals surface area contributed by atoms with Crippen LogP contribution in [-0.4, -0.2) is 52.1 Å². The van der Waals surface area contributed by atoms with Crippen LogP contribution in [0, 0.1) is 5.82 Å². The number of oxazole rings is 1. The van der Waals surface area contributed by atoms with E-state index in [-0.39, 0.29) is 36.2 Å². The molecule has 6 rings (SSSR count). The predicted octanol–water partition coefficient (Wildman–Crippen LogP) is 5.96. The van der Waals surface area contributed by atoms with Gasteiger partial charge >= 0.3 is 6.09 Å². The van der Waals surface area contributed by atoms with Crippen molar-refractivity contribution in [2.45, 2.75) is 70.6 Å². The van der Waals surface area contributed by atoms with Crippen LogP contribution in [0.2, 0.25) is 16.6 Å². The number of pyridine rings is 1. The van der Waals surface area contributed by atoms with E-state index in [4.69, 9.17) is 18.9 Å². The van der Waals surface area contributed by atoms with E-state index in [1.165, 1.54) is 12.4 Å². The molecule has 0 saturated carbocycles. The second-order valence-electron chi connectivity index (χ2n) is 11.8. The molecule has 2 aliphatic rings. The van der Waals surface area contributed by atoms with Crippen LogP contribution in [0.25, 0.3) is 17.0 Å². The molecular weight excluding hydrogens is 545 g/mol. The van der Waals surface area contributed by atoms with Crippen LogP contribution in [0.1, 0.15) is 58.6 Å². The second-order valence-corrected chi connectivity index (χ2v) is 17.6. The quantitative estimate of drug-likeness (QED) is 0.288. The highest BCUT2D eigenvalue weighted by Gasteiger charge is 2.49. The summed E-state index contributed by atoms with van der Waals surface area (Å²) in [6.07, 6.45) is 1.88. The van der Waals surface area contributed by atoms with Gasteiger partial charge in [-0.05, 0) is 34.8 Å². The first-order valence-electron chi connectivity index (χ1n) is 14.0. The molecule has 0 unspecified atom stereocenters. The van der Waals surface area contributed by atoms with E-state index in [9.17, 15) is 9.90 Å². The van der Waals surface area contributed by atoms with Gasteiger partial charge in [-0.3, -0.25) is 9.30 Å². The number of fused-ring (bicyclic) bond motifs is 3. The first-order chi connectivity index (χ1) is 19.5. The number of ether oxygens (including phenoxy) is 2. The van der Waals surface area contributed by atoms with E-state index in [0.29, 0.717) is 51.5 Å². The SMILES string of the molecule is CC(C)[Si](c1ncc(-c2cc3c(n4cnnc24)N(C(=O)O)Cc2c(F)ccc4c2[C@@H](CO4)CO3)o1)(C(C)C)C(C)C. The summed E-state index contributed by atoms with van der Waals surface area (Å²) in [5.41, 5.74) is 3.85. The number of nitrogens with zero attached hydrogens (tertiary/aromatic N) is 5. The fraction of sp³-hybridized carbons (Fsp3) is 0.448. The summed E-state index contributed by atoms with van der Waals surface area (Å²) in [7, 11) is -2.18. The smallest absolute Gasteiger partial charge is 0.413 e. The fourth-order valence-electron chi connectivity index (χ4n) is 7.18. The van der Waals surface area contributed by atoms with Gasteiger partial charge in [-0.2, -0.15) is 0 Å². The molecule has 0 bridgehead atoms. The number of anilines is 1. The summed E-state index contributed by atoms with van der Waals surface area (Å²) in [6.45, 7) is 13.7. The Hall–Kier alpha value is -3.93. The Morgan fingerprint density at radius 1 is 1.07 bits per heavy atom. The normalized spacial score (nSPS) is 16.8. The lowest BCUT2D eigenvalue weighted by Crippen LogP contribution is -2.56. The van der Waals surface area contributed by atoms with Gasteiger partial charge in [0.05, 0.1) is 37.4 Å². The highest BCUT2D eigenvalue weighted by atomic mass is 28.3. The number of rotatable bonds is 5. The molecule has 1 N–H and O–H groups in total. The van der Waals surface area contributed by atoms with Gasteiger partial charge in [-0.25, -0.2) is 14.2 Å². The summed E-state index contributed by atoms with van der Waals surface area (Å²) in [5, 5.41) is 18.8. The van der Waals surface area contributed by atoms with Gasteiger partial charge in [0.1, 0.15) is 17.9 Å². The summed E-state index contributed by atoms with van der Waals surface area (Å²) in [6, 6.07) is 4.62. The molecule has 0 spiro atoms. The van der Waals surface area contributed by atoms with Crippen molar-refractivity contribution in [3.05, 3.63) is 47.7 Å². The molecule has 0 fully saturated rings. The Balaban J connectivity index is 1.53. The zero-order valence-electron chi connectivity index (χ0n) is 24.0. The molecule has 2 aliphatic heterocycles. The lowest BCUT2D eigenvalue weighted by molar-refractivity contribution is 0.200. The first-order valence-corrected chi connectivity index (χ1v) is 16.2. The van der Waals surface area contributed by atoms with Gasteiger partial charge in [-0.1, -0.05) is 41.5 Å². The first kappa shape index (κ1) is 27.2. The van der Waals surface area contributed by atoms with Crippen LogP contribution in [0.4, 0.5) is 15.0 Å². The maximum absolute atomic E-state index is 15.2. The van der Waals surface area contributed by atoms with Gasteiger partial charge in [-0.15, -0.1) is 10.2 Å². The number of carboxylic acid groups (broad SMARTS) is 1. The minimum absolute atomic E-state index is 0.169. The molecule has 4 aromatic rings. The second kappa shape index (κ2) is 9.86. The van der Waals surface area contributed by atoms with Gasteiger partial charge < -0.3 is 19.0 Å². The van der Waals surface area contributed by atoms with Crippen molar-refractivity contribution >= 4 is 31.1 Å². The molecule has 0 aliphatic carbocycles. The Bertz CT molecular complexity index is 1630. The topological polar surface area (TPSA) is 115 Å². The van der Waals surface area contributed by atoms with Crippen LogP contribution in [0.3, 0.4) is 0 Å². The highest BCUT2D eigenvalue weighted by molar-refractivity contribution is 6.93. The predicted molar refractivity (Wildman–Crippen MR) is 154 cm³/mol. The van der Waals surface area contributed by atoms with Crippen LogP contribution >= 0.6 is 0 Å². The van der Waals surface area contributed by atoms with Crippen LogP contribution in [0.15, 0.2) is 35.1 Å². The Labute approximate surface area is 238 Å². The Morgan fingerprint density at radius 2 is 1.76 bits per heavy atom. The average Bonchev–Trinajstić information content (AvgIpc) is 3.66. The highest BCUT2D eigenvalue weighted by Crippen LogP contribution is 2.45. The largest absolute Gasteiger partial charge is 0.493 e. The molecule has 12 heteroatoms. The number of amides is 1. The summed E-state index contributed by atoms with van der Waals surface area (Å²) < 4.78 is 35.4. The molecule has 0 saturated heterocycles. The Morgan fingerprint density at radius 3 is 2.41 bits per heavy atom. The third kappa shape index (κ3) is 4.02. The van der Waals surface area contributed by atoms with E-state index >= 15 is 4.39 Å². The summed E-state index contributed by atoms with van der Waals surface area (Å²) in [5.74, 6) is 0.773. The van der Waals surface area contributed by atoms with E-state index in [1.807, 2.05) is 0 Å². The van der Waals surface area contributed by atoms with Crippen molar-refractivity contribution in [2.24, 2.45) is 0 Å². The Kier molecular flexibility index (Phi) is 6.55. The molecule has 1 aromatic carbocycles. The number of hydrogen-bond acceptors (Lipinski definition) is 7. The van der Waals surface area contributed by atoms with Gasteiger partial charge in [0, 0.05) is 11.1 Å². The van der Waals surface area contributed by atoms with Crippen molar-refractivity contribution < 1.29 is 28.2 Å². The van der Waals surface area contributed by atoms with Crippen molar-refractivity contribution in [3.8, 4) is 22.8 Å². The molecule has 216 valence electrons. The molecule has 3 aromatic heterocycles. The number of aromatic nitrogens is 4. The molecule has 0 radical (unpaired) electrons. The van der Waals surface area contributed by atoms with Crippen molar-refractivity contribution in [1.82, 2.24) is 19.6 Å². The number of benzene rings is 1. The molecule has 41 heavy (non-hydrogen) atoms. The molecule has 5 heterocycles. The lowest BCUT2D eigenvalue weighted by Gasteiger charge is -2.39. The lowest BCUT2D eigenvalue weighted by atomic mass is 9.95. The van der Waals surface area contributed by atoms with Gasteiger partial charge in [0.15, 0.2) is 36.6 Å². The molecular formula is C29H34FN5O5Si. The van der Waals surface area contributed by atoms with Crippen molar-refractivity contribution in [1.29, 1.82) is 0 Å². The minimum atomic E-state index is -2.18. The maximum Gasteiger partial charge on any atom is 0.413 e. The van der Waals surface area contributed by atoms with Gasteiger partial charge in [0.25, 0.3) is 0 Å². The third-order valence-corrected chi connectivity index (χ3v) is 15.6. The summed E-state index contributed by atoms with van der Waals surface area (Å²) in [4.78, 5) is 18.6. The van der Waals surface area contributed by atoms with Crippen LogP contribution in [-0.2, 0) is 6.54 Å². The van der Waals surface area contributed by atoms with Crippen LogP contribution < -0.4 is 19.9 Å². The number of carbonyl (C=O) groups is 1. The van der Waals surface area contributed by atoms with E-state index in [0.717, 1.165) is 10.4 Å². The van der Waals surface area contributed by atoms with E-state index < -0.39 is 20.0 Å². The molecule has 1 atom stereocenters. The van der Waals surface area contributed by atoms with E-state index in [2.05, 4.69) is 51.7 Å². The fourth-order valence-corrected chi connectivity index (χ4v) is 13.2. The standard InChI is InChI=1S/C29H34FN5O5Si/c1-15(2)41(16(3)4,17(5)6)28-31-10-24(40-28)19-9-23-27(35-14-32-33-26(19)35)34(29(36)37)11-20-21(30)7-8-22-25(20)18(12-38-22)13-39-23/h7-10,14-18H,11-13H2,1-6H3,(H,36,37)/t18-/m0/s1. The third-order valence-electron chi connectivity index (χ3n) is 8.87. The zero-order valence-corrected chi connectivity index (χ0v) is 25.0. The van der Waals surface area contributed by atoms with Gasteiger partial charge in [0.2, 0.25) is 0 Å².